The molecule has 20 heavy (non-hydrogen) atoms. The van der Waals surface area contributed by atoms with Gasteiger partial charge in [-0.3, -0.25) is 9.89 Å². The quantitative estimate of drug-likeness (QED) is 0.774. The summed E-state index contributed by atoms with van der Waals surface area (Å²) < 4.78 is 1.03. The molecule has 1 aromatic heterocycles. The summed E-state index contributed by atoms with van der Waals surface area (Å²) in [6.07, 6.45) is 1.73. The van der Waals surface area contributed by atoms with Crippen molar-refractivity contribution in [2.75, 3.05) is 0 Å². The predicted octanol–water partition coefficient (Wildman–Crippen LogP) is 3.26. The van der Waals surface area contributed by atoms with Crippen molar-refractivity contribution in [3.05, 3.63) is 64.3 Å². The smallest absolute Gasteiger partial charge is 0.251 e. The number of H-pyrrole nitrogens is 1. The first-order chi connectivity index (χ1) is 9.72. The molecule has 4 nitrogen and oxygen atoms in total. The van der Waals surface area contributed by atoms with E-state index in [0.29, 0.717) is 12.1 Å². The predicted molar refractivity (Wildman–Crippen MR) is 81.4 cm³/mol. The SMILES string of the molecule is O=C(NCc1ccc(Br)cc1)c1ccc2cn[nH]c2c1. The maximum Gasteiger partial charge on any atom is 0.251 e. The van der Waals surface area contributed by atoms with Crippen molar-refractivity contribution in [2.24, 2.45) is 0 Å². The maximum atomic E-state index is 12.1. The number of fused-ring (bicyclic) bond motifs is 1. The summed E-state index contributed by atoms with van der Waals surface area (Å²) in [5, 5.41) is 10.7. The van der Waals surface area contributed by atoms with E-state index in [1.165, 1.54) is 0 Å². The normalized spacial score (nSPS) is 10.7. The number of carbonyl (C=O) groups excluding carboxylic acids is 1. The Bertz CT molecular complexity index is 749. The minimum absolute atomic E-state index is 0.0931. The van der Waals surface area contributed by atoms with Crippen LogP contribution in [-0.2, 0) is 6.54 Å². The molecule has 0 spiro atoms. The minimum atomic E-state index is -0.0931. The Kier molecular flexibility index (Phi) is 3.52. The molecule has 100 valence electrons. The second-order valence-electron chi connectivity index (χ2n) is 4.48. The van der Waals surface area contributed by atoms with Gasteiger partial charge in [-0.1, -0.05) is 34.1 Å². The zero-order chi connectivity index (χ0) is 13.9. The van der Waals surface area contributed by atoms with E-state index in [4.69, 9.17) is 0 Å². The number of carbonyl (C=O) groups is 1. The fourth-order valence-corrected chi connectivity index (χ4v) is 2.23. The number of nitrogens with one attached hydrogen (secondary N) is 2. The summed E-state index contributed by atoms with van der Waals surface area (Å²) >= 11 is 3.38. The monoisotopic (exact) mass is 329 g/mol. The highest BCUT2D eigenvalue weighted by Crippen LogP contribution is 2.13. The molecule has 1 amide bonds. The molecule has 3 rings (SSSR count). The molecule has 0 fully saturated rings. The Morgan fingerprint density at radius 2 is 2.00 bits per heavy atom. The molecule has 0 bridgehead atoms. The molecule has 3 aromatic rings. The molecule has 1 heterocycles. The molecule has 0 saturated carbocycles. The Morgan fingerprint density at radius 1 is 1.20 bits per heavy atom. The number of hydrogen-bond acceptors (Lipinski definition) is 2. The average molecular weight is 330 g/mol. The number of aromatic nitrogens is 2. The Morgan fingerprint density at radius 3 is 2.80 bits per heavy atom. The summed E-state index contributed by atoms with van der Waals surface area (Å²) in [6.45, 7) is 0.507. The Labute approximate surface area is 124 Å². The largest absolute Gasteiger partial charge is 0.348 e. The minimum Gasteiger partial charge on any atom is -0.348 e. The zero-order valence-electron chi connectivity index (χ0n) is 10.6. The third kappa shape index (κ3) is 2.72. The van der Waals surface area contributed by atoms with E-state index in [-0.39, 0.29) is 5.91 Å². The van der Waals surface area contributed by atoms with Crippen molar-refractivity contribution in [1.29, 1.82) is 0 Å². The highest BCUT2D eigenvalue weighted by atomic mass is 79.9. The molecule has 2 N–H and O–H groups in total. The fraction of sp³-hybridized carbons (Fsp3) is 0.0667. The number of benzene rings is 2. The topological polar surface area (TPSA) is 57.8 Å². The molecule has 0 saturated heterocycles. The van der Waals surface area contributed by atoms with Crippen LogP contribution in [0.3, 0.4) is 0 Å². The van der Waals surface area contributed by atoms with Gasteiger partial charge in [0.25, 0.3) is 5.91 Å². The summed E-state index contributed by atoms with van der Waals surface area (Å²) in [4.78, 5) is 12.1. The first-order valence-electron chi connectivity index (χ1n) is 6.18. The number of aromatic amines is 1. The van der Waals surface area contributed by atoms with E-state index in [1.54, 1.807) is 18.3 Å². The van der Waals surface area contributed by atoms with Gasteiger partial charge >= 0.3 is 0 Å². The van der Waals surface area contributed by atoms with Gasteiger partial charge < -0.3 is 5.32 Å². The average Bonchev–Trinajstić information content (AvgIpc) is 2.93. The molecule has 0 aliphatic carbocycles. The van der Waals surface area contributed by atoms with Crippen LogP contribution in [0.15, 0.2) is 53.1 Å². The lowest BCUT2D eigenvalue weighted by Gasteiger charge is -2.05. The summed E-state index contributed by atoms with van der Waals surface area (Å²) in [6, 6.07) is 13.3. The van der Waals surface area contributed by atoms with E-state index in [2.05, 4.69) is 31.4 Å². The van der Waals surface area contributed by atoms with Crippen molar-refractivity contribution in [3.8, 4) is 0 Å². The van der Waals surface area contributed by atoms with Crippen LogP contribution in [-0.4, -0.2) is 16.1 Å². The van der Waals surface area contributed by atoms with Crippen molar-refractivity contribution < 1.29 is 4.79 Å². The standard InChI is InChI=1S/C15H12BrN3O/c16-13-5-1-10(2-6-13)8-17-15(20)11-3-4-12-9-18-19-14(12)7-11/h1-7,9H,8H2,(H,17,20)(H,18,19). The third-order valence-corrected chi connectivity index (χ3v) is 3.60. The molecule has 0 aliphatic rings. The van der Waals surface area contributed by atoms with Gasteiger partial charge in [-0.15, -0.1) is 0 Å². The van der Waals surface area contributed by atoms with Crippen molar-refractivity contribution in [3.63, 3.8) is 0 Å². The van der Waals surface area contributed by atoms with E-state index >= 15 is 0 Å². The molecular formula is C15H12BrN3O. The van der Waals surface area contributed by atoms with Crippen LogP contribution >= 0.6 is 15.9 Å². The van der Waals surface area contributed by atoms with Crippen LogP contribution in [0.2, 0.25) is 0 Å². The Balaban J connectivity index is 1.70. The van der Waals surface area contributed by atoms with Gasteiger partial charge in [-0.25, -0.2) is 0 Å². The molecule has 0 unspecified atom stereocenters. The van der Waals surface area contributed by atoms with Gasteiger partial charge in [0.2, 0.25) is 0 Å². The first-order valence-corrected chi connectivity index (χ1v) is 6.97. The van der Waals surface area contributed by atoms with Crippen LogP contribution in [0.4, 0.5) is 0 Å². The third-order valence-electron chi connectivity index (χ3n) is 3.07. The van der Waals surface area contributed by atoms with E-state index in [9.17, 15) is 4.79 Å². The van der Waals surface area contributed by atoms with Crippen LogP contribution in [0.5, 0.6) is 0 Å². The molecule has 0 atom stereocenters. The van der Waals surface area contributed by atoms with Gasteiger partial charge in [0.1, 0.15) is 0 Å². The van der Waals surface area contributed by atoms with Gasteiger partial charge in [-0.05, 0) is 29.8 Å². The molecule has 2 aromatic carbocycles. The van der Waals surface area contributed by atoms with Gasteiger partial charge in [-0.2, -0.15) is 5.10 Å². The van der Waals surface area contributed by atoms with Crippen molar-refractivity contribution in [1.82, 2.24) is 15.5 Å². The first kappa shape index (κ1) is 12.9. The second kappa shape index (κ2) is 5.46. The van der Waals surface area contributed by atoms with E-state index in [0.717, 1.165) is 20.9 Å². The van der Waals surface area contributed by atoms with Gasteiger partial charge in [0, 0.05) is 22.0 Å². The number of amides is 1. The van der Waals surface area contributed by atoms with Crippen molar-refractivity contribution in [2.45, 2.75) is 6.54 Å². The summed E-state index contributed by atoms with van der Waals surface area (Å²) in [5.41, 5.74) is 2.55. The molecule has 5 heteroatoms. The van der Waals surface area contributed by atoms with Crippen LogP contribution in [0.25, 0.3) is 10.9 Å². The lowest BCUT2D eigenvalue weighted by molar-refractivity contribution is 0.0951. The Hall–Kier alpha value is -2.14. The van der Waals surface area contributed by atoms with Crippen LogP contribution < -0.4 is 5.32 Å². The number of hydrogen-bond donors (Lipinski definition) is 2. The summed E-state index contributed by atoms with van der Waals surface area (Å²) in [7, 11) is 0. The van der Waals surface area contributed by atoms with Gasteiger partial charge in [0.05, 0.1) is 11.7 Å². The van der Waals surface area contributed by atoms with Crippen LogP contribution in [0, 0.1) is 0 Å². The summed E-state index contributed by atoms with van der Waals surface area (Å²) in [5.74, 6) is -0.0931. The maximum absolute atomic E-state index is 12.1. The lowest BCUT2D eigenvalue weighted by Crippen LogP contribution is -2.22. The molecular weight excluding hydrogens is 318 g/mol. The van der Waals surface area contributed by atoms with Crippen LogP contribution in [0.1, 0.15) is 15.9 Å². The highest BCUT2D eigenvalue weighted by Gasteiger charge is 2.06. The number of halogens is 1. The lowest BCUT2D eigenvalue weighted by atomic mass is 10.1. The number of nitrogens with zero attached hydrogens (tertiary/aromatic N) is 1. The molecule has 0 aliphatic heterocycles. The van der Waals surface area contributed by atoms with Crippen molar-refractivity contribution >= 4 is 32.7 Å². The second-order valence-corrected chi connectivity index (χ2v) is 5.40. The van der Waals surface area contributed by atoms with Gasteiger partial charge in [0.15, 0.2) is 0 Å². The highest BCUT2D eigenvalue weighted by molar-refractivity contribution is 9.10. The molecule has 0 radical (unpaired) electrons. The zero-order valence-corrected chi connectivity index (χ0v) is 12.1. The number of rotatable bonds is 3. The fourth-order valence-electron chi connectivity index (χ4n) is 1.96. The van der Waals surface area contributed by atoms with E-state index in [1.807, 2.05) is 30.3 Å². The van der Waals surface area contributed by atoms with E-state index < -0.39 is 0 Å².